The van der Waals surface area contributed by atoms with Crippen LogP contribution in [0.4, 0.5) is 0 Å². The number of hydrogen-bond acceptors (Lipinski definition) is 2. The highest BCUT2D eigenvalue weighted by Crippen LogP contribution is 1.82. The highest BCUT2D eigenvalue weighted by Gasteiger charge is 2.09. The molecule has 3 heteroatoms. The molecule has 0 aliphatic heterocycles. The standard InChI is InChI=1S/C7H11NO2/c1-4-5(2)8-7(10)6(3)9/h1,5-6,9H,2-3H3,(H,8,10)/t5?,6-/m1/s1. The summed E-state index contributed by atoms with van der Waals surface area (Å²) >= 11 is 0. The predicted molar refractivity (Wildman–Crippen MR) is 38.1 cm³/mol. The van der Waals surface area contributed by atoms with Crippen LogP contribution < -0.4 is 5.32 Å². The molecule has 0 aromatic carbocycles. The third kappa shape index (κ3) is 3.10. The summed E-state index contributed by atoms with van der Waals surface area (Å²) in [5.41, 5.74) is 0. The van der Waals surface area contributed by atoms with Crippen LogP contribution in [0.2, 0.25) is 0 Å². The molecule has 0 aliphatic carbocycles. The second-order valence-electron chi connectivity index (χ2n) is 2.07. The summed E-state index contributed by atoms with van der Waals surface area (Å²) < 4.78 is 0. The Hall–Kier alpha value is -1.01. The van der Waals surface area contributed by atoms with Gasteiger partial charge < -0.3 is 10.4 Å². The summed E-state index contributed by atoms with van der Waals surface area (Å²) in [6, 6.07) is -0.318. The molecule has 0 saturated carbocycles. The largest absolute Gasteiger partial charge is 0.384 e. The van der Waals surface area contributed by atoms with Crippen LogP contribution in [0.3, 0.4) is 0 Å². The molecular formula is C7H11NO2. The van der Waals surface area contributed by atoms with Crippen molar-refractivity contribution in [3.63, 3.8) is 0 Å². The normalized spacial score (nSPS) is 15.0. The van der Waals surface area contributed by atoms with E-state index in [-0.39, 0.29) is 6.04 Å². The van der Waals surface area contributed by atoms with Gasteiger partial charge in [-0.25, -0.2) is 0 Å². The Morgan fingerprint density at radius 2 is 2.20 bits per heavy atom. The second-order valence-corrected chi connectivity index (χ2v) is 2.07. The fourth-order valence-corrected chi connectivity index (χ4v) is 0.376. The molecule has 1 unspecified atom stereocenters. The summed E-state index contributed by atoms with van der Waals surface area (Å²) in [7, 11) is 0. The van der Waals surface area contributed by atoms with Crippen molar-refractivity contribution in [2.24, 2.45) is 0 Å². The third-order valence-corrected chi connectivity index (χ3v) is 0.988. The van der Waals surface area contributed by atoms with E-state index >= 15 is 0 Å². The van der Waals surface area contributed by atoms with E-state index in [4.69, 9.17) is 11.5 Å². The lowest BCUT2D eigenvalue weighted by Gasteiger charge is -2.08. The van der Waals surface area contributed by atoms with Crippen molar-refractivity contribution in [2.45, 2.75) is 26.0 Å². The quantitative estimate of drug-likeness (QED) is 0.509. The molecule has 0 fully saturated rings. The minimum Gasteiger partial charge on any atom is -0.384 e. The van der Waals surface area contributed by atoms with Crippen LogP contribution in [0, 0.1) is 12.3 Å². The van der Waals surface area contributed by atoms with Crippen LogP contribution in [0.1, 0.15) is 13.8 Å². The summed E-state index contributed by atoms with van der Waals surface area (Å²) in [5.74, 6) is 1.87. The highest BCUT2D eigenvalue weighted by atomic mass is 16.3. The van der Waals surface area contributed by atoms with Crippen LogP contribution in [0.25, 0.3) is 0 Å². The van der Waals surface area contributed by atoms with Gasteiger partial charge in [0.05, 0.1) is 6.04 Å². The Balaban J connectivity index is 3.71. The SMILES string of the molecule is C#CC(C)NC(=O)[C@@H](C)O. The molecule has 0 rings (SSSR count). The van der Waals surface area contributed by atoms with Gasteiger partial charge in [-0.1, -0.05) is 5.92 Å². The van der Waals surface area contributed by atoms with Gasteiger partial charge in [-0.3, -0.25) is 4.79 Å². The van der Waals surface area contributed by atoms with Crippen molar-refractivity contribution in [1.82, 2.24) is 5.32 Å². The molecule has 3 nitrogen and oxygen atoms in total. The van der Waals surface area contributed by atoms with E-state index in [0.717, 1.165) is 0 Å². The maximum Gasteiger partial charge on any atom is 0.249 e. The number of amides is 1. The van der Waals surface area contributed by atoms with Gasteiger partial charge in [0.15, 0.2) is 0 Å². The number of aliphatic hydroxyl groups is 1. The molecule has 0 heterocycles. The monoisotopic (exact) mass is 141 g/mol. The third-order valence-electron chi connectivity index (χ3n) is 0.988. The first-order chi connectivity index (χ1) is 4.57. The van der Waals surface area contributed by atoms with Gasteiger partial charge in [-0.15, -0.1) is 6.42 Å². The van der Waals surface area contributed by atoms with E-state index in [0.29, 0.717) is 0 Å². The molecule has 56 valence electrons. The lowest BCUT2D eigenvalue weighted by molar-refractivity contribution is -0.128. The first-order valence-electron chi connectivity index (χ1n) is 3.02. The van der Waals surface area contributed by atoms with E-state index in [1.165, 1.54) is 6.92 Å². The summed E-state index contributed by atoms with van der Waals surface area (Å²) in [6.45, 7) is 3.05. The first-order valence-corrected chi connectivity index (χ1v) is 3.02. The minimum absolute atomic E-state index is 0.318. The van der Waals surface area contributed by atoms with Gasteiger partial charge in [0, 0.05) is 0 Å². The Labute approximate surface area is 60.4 Å². The molecule has 0 bridgehead atoms. The number of hydrogen-bond donors (Lipinski definition) is 2. The van der Waals surface area contributed by atoms with Crippen LogP contribution in [-0.2, 0) is 4.79 Å². The Morgan fingerprint density at radius 1 is 1.70 bits per heavy atom. The van der Waals surface area contributed by atoms with Crippen LogP contribution >= 0.6 is 0 Å². The molecule has 2 atom stereocenters. The zero-order valence-corrected chi connectivity index (χ0v) is 6.09. The molecule has 10 heavy (non-hydrogen) atoms. The maximum atomic E-state index is 10.7. The fraction of sp³-hybridized carbons (Fsp3) is 0.571. The van der Waals surface area contributed by atoms with Gasteiger partial charge in [-0.2, -0.15) is 0 Å². The fourth-order valence-electron chi connectivity index (χ4n) is 0.376. The zero-order valence-electron chi connectivity index (χ0n) is 6.09. The first kappa shape index (κ1) is 8.99. The summed E-state index contributed by atoms with van der Waals surface area (Å²) in [4.78, 5) is 10.7. The molecule has 0 aliphatic rings. The molecule has 2 N–H and O–H groups in total. The smallest absolute Gasteiger partial charge is 0.249 e. The van der Waals surface area contributed by atoms with Crippen molar-refractivity contribution in [3.8, 4) is 12.3 Å². The molecule has 0 aromatic heterocycles. The summed E-state index contributed by atoms with van der Waals surface area (Å²) in [6.07, 6.45) is 3.98. The molecule has 1 amide bonds. The van der Waals surface area contributed by atoms with Gasteiger partial charge in [0.25, 0.3) is 0 Å². The van der Waals surface area contributed by atoms with E-state index in [1.807, 2.05) is 0 Å². The van der Waals surface area contributed by atoms with Crippen LogP contribution in [0.15, 0.2) is 0 Å². The van der Waals surface area contributed by atoms with Crippen LogP contribution in [-0.4, -0.2) is 23.2 Å². The molecular weight excluding hydrogens is 130 g/mol. The average Bonchev–Trinajstić information content (AvgIpc) is 1.87. The van der Waals surface area contributed by atoms with Gasteiger partial charge >= 0.3 is 0 Å². The highest BCUT2D eigenvalue weighted by molar-refractivity contribution is 5.80. The van der Waals surface area contributed by atoms with Gasteiger partial charge in [0.2, 0.25) is 5.91 Å². The van der Waals surface area contributed by atoms with Crippen molar-refractivity contribution in [1.29, 1.82) is 0 Å². The Kier molecular flexibility index (Phi) is 3.52. The molecule has 0 saturated heterocycles. The minimum atomic E-state index is -0.990. The van der Waals surface area contributed by atoms with Crippen LogP contribution in [0.5, 0.6) is 0 Å². The number of rotatable bonds is 2. The Morgan fingerprint density at radius 3 is 2.50 bits per heavy atom. The average molecular weight is 141 g/mol. The molecule has 0 spiro atoms. The molecule has 0 radical (unpaired) electrons. The van der Waals surface area contributed by atoms with E-state index in [9.17, 15) is 4.79 Å². The van der Waals surface area contributed by atoms with Gasteiger partial charge in [-0.05, 0) is 13.8 Å². The van der Waals surface area contributed by atoms with Crippen molar-refractivity contribution < 1.29 is 9.90 Å². The predicted octanol–water partition coefficient (Wildman–Crippen LogP) is -0.495. The number of aliphatic hydroxyl groups excluding tert-OH is 1. The lowest BCUT2D eigenvalue weighted by atomic mass is 10.3. The number of carbonyl (C=O) groups is 1. The lowest BCUT2D eigenvalue weighted by Crippen LogP contribution is -2.37. The van der Waals surface area contributed by atoms with Crippen molar-refractivity contribution >= 4 is 5.91 Å². The van der Waals surface area contributed by atoms with E-state index in [1.54, 1.807) is 6.92 Å². The van der Waals surface area contributed by atoms with E-state index < -0.39 is 12.0 Å². The maximum absolute atomic E-state index is 10.7. The second kappa shape index (κ2) is 3.91. The molecule has 0 aromatic rings. The Bertz CT molecular complexity index is 157. The summed E-state index contributed by atoms with van der Waals surface area (Å²) in [5, 5.41) is 11.1. The van der Waals surface area contributed by atoms with Crippen molar-refractivity contribution in [2.75, 3.05) is 0 Å². The van der Waals surface area contributed by atoms with Gasteiger partial charge in [0.1, 0.15) is 6.10 Å². The number of terminal acetylenes is 1. The van der Waals surface area contributed by atoms with Crippen molar-refractivity contribution in [3.05, 3.63) is 0 Å². The van der Waals surface area contributed by atoms with E-state index in [2.05, 4.69) is 11.2 Å². The number of nitrogens with one attached hydrogen (secondary N) is 1. The number of carbonyl (C=O) groups excluding carboxylic acids is 1. The topological polar surface area (TPSA) is 49.3 Å². The zero-order chi connectivity index (χ0) is 8.15.